The molecule has 0 heterocycles. The molecule has 58 heavy (non-hydrogen) atoms. The van der Waals surface area contributed by atoms with E-state index in [9.17, 15) is 20.1 Å². The molecule has 0 saturated heterocycles. The van der Waals surface area contributed by atoms with Gasteiger partial charge in [-0.1, -0.05) is 264 Å². The topological polar surface area (TPSA) is 89.8 Å². The Labute approximate surface area is 363 Å². The van der Waals surface area contributed by atoms with Crippen molar-refractivity contribution in [3.8, 4) is 0 Å². The molecule has 0 rings (SSSR count). The summed E-state index contributed by atoms with van der Waals surface area (Å²) in [5, 5.41) is 33.6. The summed E-state index contributed by atoms with van der Waals surface area (Å²) in [5.41, 5.74) is 0. The minimum absolute atomic E-state index is 0.0359. The predicted octanol–water partition coefficient (Wildman–Crippen LogP) is 15.9. The lowest BCUT2D eigenvalue weighted by atomic mass is 10.0. The third-order valence-corrected chi connectivity index (χ3v) is 12.6. The number of nitrogens with one attached hydrogen (secondary N) is 1. The van der Waals surface area contributed by atoms with Crippen molar-refractivity contribution < 1.29 is 20.1 Å². The van der Waals surface area contributed by atoms with Gasteiger partial charge in [0.25, 0.3) is 0 Å². The lowest BCUT2D eigenvalue weighted by molar-refractivity contribution is -0.125. The number of aliphatic hydroxyl groups is 3. The molecule has 3 unspecified atom stereocenters. The number of rotatable bonds is 49. The Morgan fingerprint density at radius 1 is 0.414 bits per heavy atom. The number of aliphatic hydroxyl groups excluding tert-OH is 3. The van der Waals surface area contributed by atoms with Crippen molar-refractivity contribution in [1.29, 1.82) is 0 Å². The maximum absolute atomic E-state index is 12.5. The first-order chi connectivity index (χ1) is 28.5. The Morgan fingerprint density at radius 3 is 1.00 bits per heavy atom. The molecular weight excluding hydrogens is 715 g/mol. The molecule has 0 aromatic carbocycles. The van der Waals surface area contributed by atoms with Gasteiger partial charge in [-0.25, -0.2) is 0 Å². The highest BCUT2D eigenvalue weighted by Crippen LogP contribution is 2.17. The summed E-state index contributed by atoms with van der Waals surface area (Å²) < 4.78 is 0. The van der Waals surface area contributed by atoms with Crippen LogP contribution in [0.1, 0.15) is 296 Å². The summed E-state index contributed by atoms with van der Waals surface area (Å²) in [4.78, 5) is 12.5. The smallest absolute Gasteiger partial charge is 0.222 e. The van der Waals surface area contributed by atoms with Gasteiger partial charge < -0.3 is 20.6 Å². The first kappa shape index (κ1) is 57.1. The van der Waals surface area contributed by atoms with Crippen LogP contribution in [0.25, 0.3) is 0 Å². The monoisotopic (exact) mass is 820 g/mol. The lowest BCUT2D eigenvalue weighted by Gasteiger charge is -2.23. The largest absolute Gasteiger partial charge is 0.394 e. The molecular formula is C53H105NO4. The van der Waals surface area contributed by atoms with E-state index in [1.54, 1.807) is 0 Å². The van der Waals surface area contributed by atoms with Gasteiger partial charge in [0.05, 0.1) is 31.3 Å². The molecule has 0 radical (unpaired) electrons. The molecule has 0 aliphatic heterocycles. The van der Waals surface area contributed by atoms with E-state index in [2.05, 4.69) is 31.3 Å². The van der Waals surface area contributed by atoms with E-state index in [1.165, 1.54) is 238 Å². The number of allylic oxidation sites excluding steroid dienone is 2. The number of amides is 1. The van der Waals surface area contributed by atoms with E-state index in [0.717, 1.165) is 25.7 Å². The molecule has 0 bridgehead atoms. The minimum Gasteiger partial charge on any atom is -0.394 e. The summed E-state index contributed by atoms with van der Waals surface area (Å²) >= 11 is 0. The fourth-order valence-corrected chi connectivity index (χ4v) is 8.52. The Balaban J connectivity index is 3.55. The maximum Gasteiger partial charge on any atom is 0.222 e. The van der Waals surface area contributed by atoms with Gasteiger partial charge in [0.15, 0.2) is 0 Å². The molecule has 0 aliphatic carbocycles. The third kappa shape index (κ3) is 44.6. The Kier molecular flexibility index (Phi) is 48.0. The van der Waals surface area contributed by atoms with E-state index in [-0.39, 0.29) is 18.9 Å². The zero-order valence-corrected chi connectivity index (χ0v) is 39.5. The van der Waals surface area contributed by atoms with Crippen molar-refractivity contribution in [3.63, 3.8) is 0 Å². The molecule has 0 saturated carbocycles. The van der Waals surface area contributed by atoms with Gasteiger partial charge in [0, 0.05) is 0 Å². The van der Waals surface area contributed by atoms with Gasteiger partial charge in [-0.15, -0.1) is 0 Å². The first-order valence-corrected chi connectivity index (χ1v) is 26.5. The molecule has 3 atom stereocenters. The summed E-state index contributed by atoms with van der Waals surface area (Å²) in [5.74, 6) is -0.281. The second kappa shape index (κ2) is 48.8. The number of hydrogen-bond donors (Lipinski definition) is 4. The Hall–Kier alpha value is -0.910. The quantitative estimate of drug-likeness (QED) is 0.0364. The standard InChI is InChI=1S/C53H105NO4/c1-3-5-7-9-11-13-15-17-19-21-23-25-27-28-30-32-34-36-38-40-42-44-46-50(56)48-53(58)54-51(49-55)52(57)47-45-43-41-39-37-35-33-31-29-26-24-22-20-18-16-14-12-10-8-6-4-2/h28,30,50-52,55-57H,3-27,29,31-49H2,1-2H3,(H,54,58)/b30-28-. The average molecular weight is 820 g/mol. The minimum atomic E-state index is -0.749. The van der Waals surface area contributed by atoms with Crippen molar-refractivity contribution in [1.82, 2.24) is 5.32 Å². The maximum atomic E-state index is 12.5. The second-order valence-corrected chi connectivity index (χ2v) is 18.5. The fourth-order valence-electron chi connectivity index (χ4n) is 8.52. The van der Waals surface area contributed by atoms with Crippen molar-refractivity contribution in [2.75, 3.05) is 6.61 Å². The third-order valence-electron chi connectivity index (χ3n) is 12.6. The summed E-state index contributed by atoms with van der Waals surface area (Å²) in [6.45, 7) is 4.30. The van der Waals surface area contributed by atoms with E-state index in [0.29, 0.717) is 12.8 Å². The number of carbonyl (C=O) groups is 1. The molecule has 0 fully saturated rings. The van der Waals surface area contributed by atoms with Crippen LogP contribution in [-0.2, 0) is 4.79 Å². The van der Waals surface area contributed by atoms with Gasteiger partial charge >= 0.3 is 0 Å². The van der Waals surface area contributed by atoms with Crippen molar-refractivity contribution in [3.05, 3.63) is 12.2 Å². The molecule has 346 valence electrons. The molecule has 4 N–H and O–H groups in total. The van der Waals surface area contributed by atoms with Gasteiger partial charge in [-0.2, -0.15) is 0 Å². The highest BCUT2D eigenvalue weighted by atomic mass is 16.3. The van der Waals surface area contributed by atoms with Gasteiger partial charge in [0.1, 0.15) is 0 Å². The lowest BCUT2D eigenvalue weighted by Crippen LogP contribution is -2.46. The summed E-state index contributed by atoms with van der Waals surface area (Å²) in [7, 11) is 0. The van der Waals surface area contributed by atoms with Crippen molar-refractivity contribution >= 4 is 5.91 Å². The molecule has 5 nitrogen and oxygen atoms in total. The molecule has 1 amide bonds. The number of unbranched alkanes of at least 4 members (excludes halogenated alkanes) is 38. The van der Waals surface area contributed by atoms with Crippen LogP contribution in [0.4, 0.5) is 0 Å². The number of carbonyl (C=O) groups excluding carboxylic acids is 1. The van der Waals surface area contributed by atoms with Crippen molar-refractivity contribution in [2.45, 2.75) is 315 Å². The van der Waals surface area contributed by atoms with E-state index in [1.807, 2.05) is 0 Å². The molecule has 0 aromatic heterocycles. The molecule has 0 spiro atoms. The van der Waals surface area contributed by atoms with Crippen molar-refractivity contribution in [2.24, 2.45) is 0 Å². The normalized spacial score (nSPS) is 13.4. The van der Waals surface area contributed by atoms with Crippen LogP contribution in [0.2, 0.25) is 0 Å². The predicted molar refractivity (Wildman–Crippen MR) is 255 cm³/mol. The zero-order chi connectivity index (χ0) is 42.3. The van der Waals surface area contributed by atoms with Crippen LogP contribution < -0.4 is 5.32 Å². The van der Waals surface area contributed by atoms with Crippen LogP contribution in [0.5, 0.6) is 0 Å². The second-order valence-electron chi connectivity index (χ2n) is 18.5. The van der Waals surface area contributed by atoms with Gasteiger partial charge in [-0.05, 0) is 38.5 Å². The van der Waals surface area contributed by atoms with E-state index >= 15 is 0 Å². The summed E-state index contributed by atoms with van der Waals surface area (Å²) in [6, 6.07) is -0.658. The van der Waals surface area contributed by atoms with Crippen LogP contribution in [0.3, 0.4) is 0 Å². The van der Waals surface area contributed by atoms with E-state index < -0.39 is 18.2 Å². The first-order valence-electron chi connectivity index (χ1n) is 26.5. The molecule has 0 aliphatic rings. The SMILES string of the molecule is CCCCCCCCCCCCCC/C=C\CCCCCCCCC(O)CC(=O)NC(CO)C(O)CCCCCCCCCCCCCCCCCCCCCCC. The van der Waals surface area contributed by atoms with Gasteiger partial charge in [0.2, 0.25) is 5.91 Å². The van der Waals surface area contributed by atoms with Crippen LogP contribution >= 0.6 is 0 Å². The zero-order valence-electron chi connectivity index (χ0n) is 39.5. The number of hydrogen-bond acceptors (Lipinski definition) is 4. The highest BCUT2D eigenvalue weighted by Gasteiger charge is 2.21. The summed E-state index contributed by atoms with van der Waals surface area (Å²) in [6.07, 6.45) is 59.2. The van der Waals surface area contributed by atoms with E-state index in [4.69, 9.17) is 0 Å². The van der Waals surface area contributed by atoms with Gasteiger partial charge in [-0.3, -0.25) is 4.79 Å². The molecule has 0 aromatic rings. The average Bonchev–Trinajstić information content (AvgIpc) is 3.22. The Bertz CT molecular complexity index is 818. The highest BCUT2D eigenvalue weighted by molar-refractivity contribution is 5.76. The molecule has 5 heteroatoms. The van der Waals surface area contributed by atoms with Crippen LogP contribution in [0, 0.1) is 0 Å². The fraction of sp³-hybridized carbons (Fsp3) is 0.943. The Morgan fingerprint density at radius 2 is 0.690 bits per heavy atom. The van der Waals surface area contributed by atoms with Crippen LogP contribution in [0.15, 0.2) is 12.2 Å². The van der Waals surface area contributed by atoms with Crippen LogP contribution in [-0.4, -0.2) is 46.1 Å².